The number of phenolic OH excluding ortho intramolecular Hbond substituents is 12. The zero-order chi connectivity index (χ0) is 42.4. The first kappa shape index (κ1) is 41.2. The van der Waals surface area contributed by atoms with E-state index in [1.54, 1.807) is 0 Å². The summed E-state index contributed by atoms with van der Waals surface area (Å²) in [7, 11) is 0. The number of rotatable bonds is 13. The summed E-state index contributed by atoms with van der Waals surface area (Å²) in [4.78, 5) is 68.9. The molecule has 0 bridgehead atoms. The number of ether oxygens (including phenoxy) is 1. The zero-order valence-corrected chi connectivity index (χ0v) is 27.6. The molecule has 0 aliphatic rings. The smallest absolute Gasteiger partial charge is 0.338 e. The molecule has 0 saturated carbocycles. The first-order chi connectivity index (χ1) is 25.9. The van der Waals surface area contributed by atoms with Crippen molar-refractivity contribution in [2.24, 2.45) is 0 Å². The van der Waals surface area contributed by atoms with Gasteiger partial charge in [-0.15, -0.1) is 0 Å². The van der Waals surface area contributed by atoms with Gasteiger partial charge in [0.2, 0.25) is 28.7 Å². The molecule has 296 valence electrons. The van der Waals surface area contributed by atoms with Gasteiger partial charge in [0.05, 0.1) is 5.56 Å². The summed E-state index contributed by atoms with van der Waals surface area (Å²) in [6, 6.07) is 2.38. The second-order valence-corrected chi connectivity index (χ2v) is 11.9. The van der Waals surface area contributed by atoms with Crippen molar-refractivity contribution in [3.05, 3.63) is 70.8 Å². The summed E-state index contributed by atoms with van der Waals surface area (Å²) in [6.45, 7) is -1.63. The number of hydrogen-bond acceptors (Lipinski definition) is 22. The van der Waals surface area contributed by atoms with E-state index in [0.717, 1.165) is 0 Å². The minimum Gasteiger partial charge on any atom is -0.504 e. The Hall–Kier alpha value is -7.53. The predicted octanol–water partition coefficient (Wildman–Crippen LogP) is -1.29. The number of carbonyl (C=O) groups excluding carboxylic acids is 5. The first-order valence-corrected chi connectivity index (χ1v) is 15.1. The Kier molecular flexibility index (Phi) is 10.8. The lowest BCUT2D eigenvalue weighted by molar-refractivity contribution is -0.185. The van der Waals surface area contributed by atoms with Crippen LogP contribution in [0.15, 0.2) is 48.5 Å². The number of ketones is 4. The van der Waals surface area contributed by atoms with Gasteiger partial charge in [-0.3, -0.25) is 19.2 Å². The maximum absolute atomic E-state index is 14.2. The van der Waals surface area contributed by atoms with Gasteiger partial charge in [-0.1, -0.05) is 0 Å². The Morgan fingerprint density at radius 1 is 0.482 bits per heavy atom. The summed E-state index contributed by atoms with van der Waals surface area (Å²) in [5.74, 6) is -26.6. The molecular weight excluding hydrogens is 760 g/mol. The van der Waals surface area contributed by atoms with Crippen LogP contribution < -0.4 is 0 Å². The van der Waals surface area contributed by atoms with Crippen LogP contribution in [-0.4, -0.2) is 141 Å². The molecule has 0 aliphatic heterocycles. The summed E-state index contributed by atoms with van der Waals surface area (Å²) >= 11 is 0. The maximum atomic E-state index is 14.2. The number of aliphatic hydroxyl groups excluding tert-OH is 2. The molecule has 0 radical (unpaired) electrons. The lowest BCUT2D eigenvalue weighted by Gasteiger charge is -2.43. The van der Waals surface area contributed by atoms with Crippen molar-refractivity contribution >= 4 is 29.1 Å². The summed E-state index contributed by atoms with van der Waals surface area (Å²) < 4.78 is 4.73. The molecule has 4 aromatic carbocycles. The summed E-state index contributed by atoms with van der Waals surface area (Å²) in [6.07, 6.45) is -6.56. The topological polar surface area (TPSA) is 418 Å². The molecule has 0 aliphatic carbocycles. The van der Waals surface area contributed by atoms with Crippen molar-refractivity contribution in [1.29, 1.82) is 0 Å². The average Bonchev–Trinajstić information content (AvgIpc) is 3.15. The number of hydrogen-bond donors (Lipinski definition) is 16. The van der Waals surface area contributed by atoms with Gasteiger partial charge in [-0.05, 0) is 48.5 Å². The number of benzene rings is 4. The molecule has 4 aromatic rings. The van der Waals surface area contributed by atoms with E-state index in [-0.39, 0.29) is 36.4 Å². The van der Waals surface area contributed by atoms with Crippen molar-refractivity contribution in [2.45, 2.75) is 23.4 Å². The number of aliphatic hydroxyl groups is 4. The molecule has 22 nitrogen and oxygen atoms in total. The normalized spacial score (nSPS) is 14.4. The van der Waals surface area contributed by atoms with E-state index in [1.165, 1.54) is 0 Å². The van der Waals surface area contributed by atoms with E-state index in [9.17, 15) is 106 Å². The quantitative estimate of drug-likeness (QED) is 0.0246. The Balaban J connectivity index is 1.99. The highest BCUT2D eigenvalue weighted by Gasteiger charge is 2.70. The maximum Gasteiger partial charge on any atom is 0.338 e. The van der Waals surface area contributed by atoms with Crippen LogP contribution in [0.1, 0.15) is 41.4 Å². The molecule has 22 heteroatoms. The zero-order valence-electron chi connectivity index (χ0n) is 27.6. The third kappa shape index (κ3) is 6.85. The molecule has 4 rings (SSSR count). The van der Waals surface area contributed by atoms with Gasteiger partial charge in [0, 0.05) is 16.7 Å². The Morgan fingerprint density at radius 3 is 1.14 bits per heavy atom. The molecule has 16 N–H and O–H groups in total. The molecular formula is C34H28O22. The van der Waals surface area contributed by atoms with Gasteiger partial charge in [0.15, 0.2) is 74.6 Å². The number of Topliss-reactive ketones (excluding diaryl/α,β-unsaturated/α-hetero) is 4. The van der Waals surface area contributed by atoms with E-state index in [1.807, 2.05) is 0 Å². The van der Waals surface area contributed by atoms with Crippen LogP contribution in [0.5, 0.6) is 69.0 Å². The second kappa shape index (κ2) is 14.7. The predicted molar refractivity (Wildman–Crippen MR) is 176 cm³/mol. The minimum atomic E-state index is -4.90. The van der Waals surface area contributed by atoms with Crippen LogP contribution in [0.25, 0.3) is 0 Å². The first-order valence-electron chi connectivity index (χ1n) is 15.1. The third-order valence-electron chi connectivity index (χ3n) is 8.24. The van der Waals surface area contributed by atoms with Crippen molar-refractivity contribution in [2.75, 3.05) is 6.61 Å². The fraction of sp³-hybridized carbons (Fsp3) is 0.147. The molecule has 0 unspecified atom stereocenters. The van der Waals surface area contributed by atoms with Crippen LogP contribution in [0.4, 0.5) is 0 Å². The number of aromatic hydroxyl groups is 12. The van der Waals surface area contributed by atoms with Crippen LogP contribution in [0, 0.1) is 0 Å². The number of esters is 1. The largest absolute Gasteiger partial charge is 0.504 e. The second-order valence-electron chi connectivity index (χ2n) is 11.9. The standard InChI is InChI=1S/C34H28O22/c35-14-1-10(2-15(36)24(14)45)23(44)31(52)34(55,29(50)12-5-18(39)26(47)19(40)6-12)33(54,28(49)11-3-16(37)25(46)17(38)4-11)30(51)22(43)9-56-32(53)13-7-20(41)27(48)21(42)8-13/h1-8,22,30,35-43,45-48,51,54-55H,9H2/t22-,30-,33+,34+/m1/s1. The van der Waals surface area contributed by atoms with Crippen LogP contribution in [-0.2, 0) is 9.53 Å². The fourth-order valence-electron chi connectivity index (χ4n) is 5.23. The van der Waals surface area contributed by atoms with Crippen molar-refractivity contribution in [3.8, 4) is 69.0 Å². The van der Waals surface area contributed by atoms with E-state index in [4.69, 9.17) is 4.74 Å². The SMILES string of the molecule is O=C(OC[C@@H](O)[C@@H](O)[C@@](O)(C(=O)c1cc(O)c(O)c(O)c1)[C@@](O)(C(=O)C(=O)c1cc(O)c(O)c(O)c1)C(=O)c1cc(O)c(O)c(O)c1)c1cc(O)c(O)c(O)c1. The molecule has 0 amide bonds. The van der Waals surface area contributed by atoms with Crippen molar-refractivity contribution in [3.63, 3.8) is 0 Å². The highest BCUT2D eigenvalue weighted by atomic mass is 16.5. The molecule has 0 spiro atoms. The van der Waals surface area contributed by atoms with Gasteiger partial charge in [-0.2, -0.15) is 0 Å². The molecule has 0 saturated heterocycles. The summed E-state index contributed by atoms with van der Waals surface area (Å²) in [5, 5.41) is 165. The number of phenols is 12. The lowest BCUT2D eigenvalue weighted by atomic mass is 9.65. The van der Waals surface area contributed by atoms with E-state index >= 15 is 0 Å². The van der Waals surface area contributed by atoms with Gasteiger partial charge < -0.3 is 86.4 Å². The molecule has 0 aromatic heterocycles. The molecule has 0 fully saturated rings. The van der Waals surface area contributed by atoms with Crippen molar-refractivity contribution in [1.82, 2.24) is 0 Å². The van der Waals surface area contributed by atoms with Gasteiger partial charge >= 0.3 is 5.97 Å². The monoisotopic (exact) mass is 788 g/mol. The number of carbonyl (C=O) groups is 5. The van der Waals surface area contributed by atoms with Crippen LogP contribution >= 0.6 is 0 Å². The average molecular weight is 789 g/mol. The van der Waals surface area contributed by atoms with Gasteiger partial charge in [-0.25, -0.2) is 4.79 Å². The third-order valence-corrected chi connectivity index (χ3v) is 8.24. The van der Waals surface area contributed by atoms with Crippen LogP contribution in [0.2, 0.25) is 0 Å². The molecule has 4 atom stereocenters. The van der Waals surface area contributed by atoms with Crippen LogP contribution in [0.3, 0.4) is 0 Å². The van der Waals surface area contributed by atoms with Gasteiger partial charge in [0.25, 0.3) is 0 Å². The Labute approximate surface area is 309 Å². The minimum absolute atomic E-state index is 0.189. The van der Waals surface area contributed by atoms with E-state index in [2.05, 4.69) is 0 Å². The van der Waals surface area contributed by atoms with Crippen molar-refractivity contribution < 1.29 is 110 Å². The Morgan fingerprint density at radius 2 is 0.786 bits per heavy atom. The summed E-state index contributed by atoms with van der Waals surface area (Å²) in [5.41, 5.74) is -14.3. The van der Waals surface area contributed by atoms with E-state index < -0.39 is 150 Å². The van der Waals surface area contributed by atoms with E-state index in [0.29, 0.717) is 12.1 Å². The highest BCUT2D eigenvalue weighted by Crippen LogP contribution is 2.44. The fourth-order valence-corrected chi connectivity index (χ4v) is 5.23. The molecule has 56 heavy (non-hydrogen) atoms. The highest BCUT2D eigenvalue weighted by molar-refractivity contribution is 6.52. The molecule has 0 heterocycles. The lowest BCUT2D eigenvalue weighted by Crippen LogP contribution is -2.75. The Bertz CT molecular complexity index is 2220. The van der Waals surface area contributed by atoms with Gasteiger partial charge in [0.1, 0.15) is 18.8 Å².